The van der Waals surface area contributed by atoms with E-state index >= 15 is 0 Å². The summed E-state index contributed by atoms with van der Waals surface area (Å²) in [5.74, 6) is -0.200. The molecule has 1 aromatic carbocycles. The number of halogens is 1. The average Bonchev–Trinajstić information content (AvgIpc) is 2.57. The van der Waals surface area contributed by atoms with Crippen molar-refractivity contribution in [2.75, 3.05) is 20.3 Å². The number of methoxy groups -OCH3 is 1. The molecule has 0 atom stereocenters. The number of nitrogens with one attached hydrogen (secondary N) is 1. The number of amides is 1. The summed E-state index contributed by atoms with van der Waals surface area (Å²) in [6.07, 6.45) is 3.51. The third-order valence-electron chi connectivity index (χ3n) is 3.58. The number of carboxylic acid groups (broad SMARTS) is 1. The molecule has 0 radical (unpaired) electrons. The lowest BCUT2D eigenvalue weighted by atomic mass is 10.1. The highest BCUT2D eigenvalue weighted by molar-refractivity contribution is 9.10. The summed E-state index contributed by atoms with van der Waals surface area (Å²) in [5, 5.41) is 13.0. The van der Waals surface area contributed by atoms with Gasteiger partial charge in [0, 0.05) is 18.9 Å². The van der Waals surface area contributed by atoms with E-state index in [9.17, 15) is 14.7 Å². The van der Waals surface area contributed by atoms with E-state index in [0.29, 0.717) is 31.1 Å². The van der Waals surface area contributed by atoms with Crippen molar-refractivity contribution < 1.29 is 24.2 Å². The Bertz CT molecular complexity index is 577. The van der Waals surface area contributed by atoms with E-state index in [1.807, 2.05) is 12.1 Å². The van der Waals surface area contributed by atoms with Crippen molar-refractivity contribution in [3.63, 3.8) is 0 Å². The Labute approximate surface area is 157 Å². The van der Waals surface area contributed by atoms with Crippen molar-refractivity contribution in [3.05, 3.63) is 22.2 Å². The molecule has 1 rings (SSSR count). The maximum atomic E-state index is 11.5. The van der Waals surface area contributed by atoms with Crippen LogP contribution in [0.15, 0.2) is 16.6 Å². The van der Waals surface area contributed by atoms with Crippen molar-refractivity contribution in [1.82, 2.24) is 5.32 Å². The predicted molar refractivity (Wildman–Crippen MR) is 96.7 cm³/mol. The first-order valence-electron chi connectivity index (χ1n) is 8.43. The van der Waals surface area contributed by atoms with E-state index in [0.717, 1.165) is 29.3 Å². The number of rotatable bonds is 12. The van der Waals surface area contributed by atoms with Crippen LogP contribution in [0.1, 0.15) is 44.6 Å². The first-order valence-corrected chi connectivity index (χ1v) is 9.23. The number of aliphatic carboxylic acids is 1. The minimum Gasteiger partial charge on any atom is -0.550 e. The van der Waals surface area contributed by atoms with Crippen LogP contribution < -0.4 is 19.9 Å². The molecule has 0 fully saturated rings. The lowest BCUT2D eigenvalue weighted by molar-refractivity contribution is -0.305. The van der Waals surface area contributed by atoms with Crippen LogP contribution in [0.5, 0.6) is 11.5 Å². The van der Waals surface area contributed by atoms with Crippen LogP contribution in [0.4, 0.5) is 0 Å². The molecule has 6 nitrogen and oxygen atoms in total. The first-order chi connectivity index (χ1) is 12.0. The quantitative estimate of drug-likeness (QED) is 0.529. The smallest absolute Gasteiger partial charge is 0.220 e. The van der Waals surface area contributed by atoms with E-state index in [1.165, 1.54) is 0 Å². The molecule has 25 heavy (non-hydrogen) atoms. The molecule has 0 spiro atoms. The molecular weight excluding hydrogens is 390 g/mol. The number of hydrogen-bond donors (Lipinski definition) is 1. The highest BCUT2D eigenvalue weighted by Gasteiger charge is 2.12. The van der Waals surface area contributed by atoms with Crippen molar-refractivity contribution in [2.24, 2.45) is 0 Å². The molecule has 0 unspecified atom stereocenters. The van der Waals surface area contributed by atoms with Gasteiger partial charge < -0.3 is 24.7 Å². The van der Waals surface area contributed by atoms with Crippen LogP contribution in [-0.2, 0) is 16.0 Å². The molecular formula is C18H25BrNO5-. The Morgan fingerprint density at radius 1 is 1.24 bits per heavy atom. The molecule has 1 amide bonds. The third-order valence-corrected chi connectivity index (χ3v) is 4.16. The van der Waals surface area contributed by atoms with Gasteiger partial charge >= 0.3 is 0 Å². The number of carboxylic acids is 1. The zero-order chi connectivity index (χ0) is 18.7. The van der Waals surface area contributed by atoms with Gasteiger partial charge in [-0.2, -0.15) is 0 Å². The van der Waals surface area contributed by atoms with Gasteiger partial charge in [-0.1, -0.05) is 19.8 Å². The summed E-state index contributed by atoms with van der Waals surface area (Å²) in [4.78, 5) is 21.8. The van der Waals surface area contributed by atoms with Gasteiger partial charge in [-0.3, -0.25) is 4.79 Å². The summed E-state index contributed by atoms with van der Waals surface area (Å²) < 4.78 is 12.0. The summed E-state index contributed by atoms with van der Waals surface area (Å²) in [5.41, 5.74) is 0.977. The van der Waals surface area contributed by atoms with E-state index in [2.05, 4.69) is 28.2 Å². The molecule has 140 valence electrons. The summed E-state index contributed by atoms with van der Waals surface area (Å²) in [7, 11) is 1.59. The van der Waals surface area contributed by atoms with Crippen molar-refractivity contribution in [1.29, 1.82) is 0 Å². The highest BCUT2D eigenvalue weighted by atomic mass is 79.9. The maximum Gasteiger partial charge on any atom is 0.220 e. The number of benzene rings is 1. The van der Waals surface area contributed by atoms with Crippen LogP contribution in [0.3, 0.4) is 0 Å². The van der Waals surface area contributed by atoms with E-state index in [-0.39, 0.29) is 18.7 Å². The molecule has 0 aliphatic heterocycles. The van der Waals surface area contributed by atoms with Crippen LogP contribution in [0.2, 0.25) is 0 Å². The fourth-order valence-electron chi connectivity index (χ4n) is 2.23. The van der Waals surface area contributed by atoms with E-state index < -0.39 is 5.97 Å². The van der Waals surface area contributed by atoms with Crippen molar-refractivity contribution >= 4 is 27.8 Å². The fourth-order valence-corrected chi connectivity index (χ4v) is 2.84. The van der Waals surface area contributed by atoms with Crippen LogP contribution in [0.25, 0.3) is 0 Å². The zero-order valence-electron chi connectivity index (χ0n) is 14.7. The van der Waals surface area contributed by atoms with Gasteiger partial charge in [0.25, 0.3) is 0 Å². The van der Waals surface area contributed by atoms with Crippen LogP contribution >= 0.6 is 15.9 Å². The highest BCUT2D eigenvalue weighted by Crippen LogP contribution is 2.36. The molecule has 1 N–H and O–H groups in total. The third kappa shape index (κ3) is 8.25. The monoisotopic (exact) mass is 414 g/mol. The summed E-state index contributed by atoms with van der Waals surface area (Å²) in [6.45, 7) is 3.19. The molecule has 0 bridgehead atoms. The number of carbonyl (C=O) groups is 2. The van der Waals surface area contributed by atoms with Crippen molar-refractivity contribution in [2.45, 2.75) is 45.4 Å². The molecule has 0 aliphatic carbocycles. The van der Waals surface area contributed by atoms with E-state index in [1.54, 1.807) is 7.11 Å². The summed E-state index contributed by atoms with van der Waals surface area (Å²) in [6, 6.07) is 3.82. The molecule has 0 heterocycles. The van der Waals surface area contributed by atoms with Crippen LogP contribution in [-0.4, -0.2) is 32.1 Å². The molecule has 7 heteroatoms. The minimum atomic E-state index is -1.22. The largest absolute Gasteiger partial charge is 0.550 e. The number of unbranched alkanes of at least 4 members (excludes halogenated alkanes) is 2. The Morgan fingerprint density at radius 3 is 2.64 bits per heavy atom. The van der Waals surface area contributed by atoms with Gasteiger partial charge in [0.2, 0.25) is 5.91 Å². The Kier molecular flexibility index (Phi) is 9.99. The zero-order valence-corrected chi connectivity index (χ0v) is 16.3. The normalized spacial score (nSPS) is 10.4. The molecule has 0 aliphatic rings. The topological polar surface area (TPSA) is 87.7 Å². The number of hydrogen-bond acceptors (Lipinski definition) is 5. The van der Waals surface area contributed by atoms with Gasteiger partial charge in [-0.05, 0) is 52.9 Å². The predicted octanol–water partition coefficient (Wildman–Crippen LogP) is 2.22. The minimum absolute atomic E-state index is 0.0696. The molecule has 1 aromatic rings. The van der Waals surface area contributed by atoms with Gasteiger partial charge in [-0.25, -0.2) is 0 Å². The lowest BCUT2D eigenvalue weighted by Gasteiger charge is -2.14. The number of carbonyl (C=O) groups excluding carboxylic acids is 2. The second-order valence-corrected chi connectivity index (χ2v) is 6.49. The second kappa shape index (κ2) is 11.7. The maximum absolute atomic E-state index is 11.5. The van der Waals surface area contributed by atoms with Gasteiger partial charge in [0.1, 0.15) is 0 Å². The SMILES string of the molecule is CCCCCOc1c(Br)cc(CCNC(=O)CCC(=O)[O-])cc1OC. The van der Waals surface area contributed by atoms with Gasteiger partial charge in [0.15, 0.2) is 11.5 Å². The van der Waals surface area contributed by atoms with Gasteiger partial charge in [-0.15, -0.1) is 0 Å². The van der Waals surface area contributed by atoms with E-state index in [4.69, 9.17) is 9.47 Å². The lowest BCUT2D eigenvalue weighted by Crippen LogP contribution is -2.29. The van der Waals surface area contributed by atoms with Crippen LogP contribution in [0, 0.1) is 0 Å². The fraction of sp³-hybridized carbons (Fsp3) is 0.556. The standard InChI is InChI=1S/C18H26BrNO5/c1-3-4-5-10-25-18-14(19)11-13(12-15(18)24-2)8-9-20-16(21)6-7-17(22)23/h11-12H,3-10H2,1-2H3,(H,20,21)(H,22,23)/p-1. The first kappa shape index (κ1) is 21.3. The molecule has 0 saturated heterocycles. The Morgan fingerprint density at radius 2 is 2.00 bits per heavy atom. The second-order valence-electron chi connectivity index (χ2n) is 5.64. The molecule has 0 saturated carbocycles. The summed E-state index contributed by atoms with van der Waals surface area (Å²) >= 11 is 3.51. The van der Waals surface area contributed by atoms with Gasteiger partial charge in [0.05, 0.1) is 18.2 Å². The van der Waals surface area contributed by atoms with Crippen molar-refractivity contribution in [3.8, 4) is 11.5 Å². The number of ether oxygens (including phenoxy) is 2. The Hall–Kier alpha value is -1.76. The average molecular weight is 415 g/mol. The molecule has 0 aromatic heterocycles. The Balaban J connectivity index is 2.56.